The lowest BCUT2D eigenvalue weighted by molar-refractivity contribution is 0.00544. The lowest BCUT2D eigenvalue weighted by atomic mass is 10.1. The maximum Gasteiger partial charge on any atom is 0.122 e. The van der Waals surface area contributed by atoms with Gasteiger partial charge in [-0.05, 0) is 26.5 Å². The number of methoxy groups -OCH3 is 1. The van der Waals surface area contributed by atoms with E-state index in [0.717, 1.165) is 31.0 Å². The average molecular weight is 252 g/mol. The first-order valence-corrected chi connectivity index (χ1v) is 6.41. The Hall–Kier alpha value is -1.13. The molecule has 0 unspecified atom stereocenters. The van der Waals surface area contributed by atoms with E-state index in [4.69, 9.17) is 9.47 Å². The van der Waals surface area contributed by atoms with Crippen LogP contribution >= 0.6 is 0 Å². The molecule has 18 heavy (non-hydrogen) atoms. The van der Waals surface area contributed by atoms with Crippen LogP contribution in [0.15, 0.2) is 18.3 Å². The minimum absolute atomic E-state index is 0.139. The molecule has 0 atom stereocenters. The molecule has 4 heteroatoms. The Kier molecular flexibility index (Phi) is 6.09. The van der Waals surface area contributed by atoms with Gasteiger partial charge < -0.3 is 14.8 Å². The van der Waals surface area contributed by atoms with E-state index < -0.39 is 0 Å². The highest BCUT2D eigenvalue weighted by atomic mass is 16.5. The van der Waals surface area contributed by atoms with Crippen LogP contribution in [-0.4, -0.2) is 30.8 Å². The van der Waals surface area contributed by atoms with E-state index in [0.29, 0.717) is 6.61 Å². The molecule has 0 radical (unpaired) electrons. The van der Waals surface area contributed by atoms with Gasteiger partial charge in [-0.15, -0.1) is 0 Å². The molecule has 1 aromatic rings. The molecule has 4 nitrogen and oxygen atoms in total. The van der Waals surface area contributed by atoms with Crippen molar-refractivity contribution in [2.45, 2.75) is 39.3 Å². The van der Waals surface area contributed by atoms with Crippen LogP contribution in [0.4, 0.5) is 0 Å². The molecule has 1 heterocycles. The van der Waals surface area contributed by atoms with Crippen LogP contribution in [0.5, 0.6) is 5.75 Å². The third-order valence-electron chi connectivity index (χ3n) is 2.87. The van der Waals surface area contributed by atoms with Crippen molar-refractivity contribution in [1.82, 2.24) is 10.3 Å². The Balaban J connectivity index is 2.42. The summed E-state index contributed by atoms with van der Waals surface area (Å²) in [6.07, 6.45) is 2.64. The molecule has 0 amide bonds. The van der Waals surface area contributed by atoms with E-state index in [1.807, 2.05) is 12.1 Å². The molecule has 0 aromatic carbocycles. The first-order chi connectivity index (χ1) is 8.57. The van der Waals surface area contributed by atoms with Crippen LogP contribution in [0.3, 0.4) is 0 Å². The van der Waals surface area contributed by atoms with Gasteiger partial charge in [-0.2, -0.15) is 0 Å². The van der Waals surface area contributed by atoms with Crippen LogP contribution in [0.25, 0.3) is 0 Å². The first kappa shape index (κ1) is 14.9. The van der Waals surface area contributed by atoms with Crippen LogP contribution in [0.1, 0.15) is 32.9 Å². The van der Waals surface area contributed by atoms with Crippen molar-refractivity contribution < 1.29 is 9.47 Å². The fourth-order valence-electron chi connectivity index (χ4n) is 1.41. The zero-order valence-corrected chi connectivity index (χ0v) is 11.8. The molecule has 1 N–H and O–H groups in total. The van der Waals surface area contributed by atoms with Crippen molar-refractivity contribution in [1.29, 1.82) is 0 Å². The smallest absolute Gasteiger partial charge is 0.122 e. The molecular weight excluding hydrogens is 228 g/mol. The number of nitrogens with one attached hydrogen (secondary N) is 1. The second kappa shape index (κ2) is 7.34. The summed E-state index contributed by atoms with van der Waals surface area (Å²) >= 11 is 0. The Morgan fingerprint density at radius 3 is 2.83 bits per heavy atom. The maximum absolute atomic E-state index is 5.72. The number of nitrogens with zero attached hydrogens (tertiary/aromatic N) is 1. The van der Waals surface area contributed by atoms with Crippen molar-refractivity contribution in [3.8, 4) is 5.75 Å². The summed E-state index contributed by atoms with van der Waals surface area (Å²) in [6, 6.07) is 3.86. The molecule has 0 spiro atoms. The van der Waals surface area contributed by atoms with E-state index in [1.54, 1.807) is 13.3 Å². The maximum atomic E-state index is 5.72. The molecule has 0 fully saturated rings. The highest BCUT2D eigenvalue weighted by Crippen LogP contribution is 2.16. The molecule has 102 valence electrons. The molecule has 0 aliphatic rings. The normalized spacial score (nSPS) is 11.6. The molecule has 0 aliphatic carbocycles. The van der Waals surface area contributed by atoms with Gasteiger partial charge >= 0.3 is 0 Å². The number of hydrogen-bond donors (Lipinski definition) is 1. The summed E-state index contributed by atoms with van der Waals surface area (Å²) in [5, 5.41) is 3.24. The molecule has 0 aliphatic heterocycles. The third kappa shape index (κ3) is 5.47. The Labute approximate surface area is 110 Å². The highest BCUT2D eigenvalue weighted by Gasteiger charge is 2.15. The fraction of sp³-hybridized carbons (Fsp3) is 0.643. The van der Waals surface area contributed by atoms with E-state index in [2.05, 4.69) is 31.1 Å². The molecule has 1 aromatic heterocycles. The van der Waals surface area contributed by atoms with E-state index in [1.165, 1.54) is 0 Å². The number of rotatable bonds is 8. The molecule has 0 bridgehead atoms. The minimum atomic E-state index is -0.139. The fourth-order valence-corrected chi connectivity index (χ4v) is 1.41. The van der Waals surface area contributed by atoms with Crippen molar-refractivity contribution in [3.05, 3.63) is 24.0 Å². The van der Waals surface area contributed by atoms with E-state index >= 15 is 0 Å². The SMILES string of the molecule is CCNCc1cc(OCCC(C)(C)OC)ccn1. The zero-order valence-electron chi connectivity index (χ0n) is 11.8. The van der Waals surface area contributed by atoms with E-state index in [-0.39, 0.29) is 5.60 Å². The van der Waals surface area contributed by atoms with Crippen molar-refractivity contribution in [3.63, 3.8) is 0 Å². The zero-order chi connectivity index (χ0) is 13.4. The van der Waals surface area contributed by atoms with Crippen LogP contribution in [0, 0.1) is 0 Å². The second-order valence-electron chi connectivity index (χ2n) is 4.83. The van der Waals surface area contributed by atoms with Gasteiger partial charge in [-0.25, -0.2) is 0 Å². The van der Waals surface area contributed by atoms with Gasteiger partial charge in [0.25, 0.3) is 0 Å². The van der Waals surface area contributed by atoms with Crippen LogP contribution in [0.2, 0.25) is 0 Å². The van der Waals surface area contributed by atoms with Gasteiger partial charge in [0, 0.05) is 32.3 Å². The molecule has 1 rings (SSSR count). The lowest BCUT2D eigenvalue weighted by Crippen LogP contribution is -2.25. The topological polar surface area (TPSA) is 43.4 Å². The van der Waals surface area contributed by atoms with Crippen molar-refractivity contribution >= 4 is 0 Å². The van der Waals surface area contributed by atoms with Gasteiger partial charge in [0.15, 0.2) is 0 Å². The summed E-state index contributed by atoms with van der Waals surface area (Å²) in [5.74, 6) is 0.866. The van der Waals surface area contributed by atoms with Gasteiger partial charge in [0.2, 0.25) is 0 Å². The average Bonchev–Trinajstić information content (AvgIpc) is 2.37. The monoisotopic (exact) mass is 252 g/mol. The van der Waals surface area contributed by atoms with Crippen LogP contribution in [-0.2, 0) is 11.3 Å². The summed E-state index contributed by atoms with van der Waals surface area (Å²) in [5.41, 5.74) is 0.861. The summed E-state index contributed by atoms with van der Waals surface area (Å²) in [4.78, 5) is 4.28. The molecule has 0 saturated carbocycles. The first-order valence-electron chi connectivity index (χ1n) is 6.41. The van der Waals surface area contributed by atoms with Gasteiger partial charge in [-0.3, -0.25) is 4.98 Å². The quantitative estimate of drug-likeness (QED) is 0.771. The number of aromatic nitrogens is 1. The lowest BCUT2D eigenvalue weighted by Gasteiger charge is -2.22. The predicted molar refractivity (Wildman–Crippen MR) is 72.8 cm³/mol. The summed E-state index contributed by atoms with van der Waals surface area (Å²) in [7, 11) is 1.72. The van der Waals surface area contributed by atoms with Crippen LogP contribution < -0.4 is 10.1 Å². The Bertz CT molecular complexity index is 353. The third-order valence-corrected chi connectivity index (χ3v) is 2.87. The number of hydrogen-bond acceptors (Lipinski definition) is 4. The Morgan fingerprint density at radius 1 is 1.39 bits per heavy atom. The van der Waals surface area contributed by atoms with Gasteiger partial charge in [-0.1, -0.05) is 6.92 Å². The van der Waals surface area contributed by atoms with Gasteiger partial charge in [0.1, 0.15) is 5.75 Å². The summed E-state index contributed by atoms with van der Waals surface area (Å²) in [6.45, 7) is 8.55. The largest absolute Gasteiger partial charge is 0.493 e. The van der Waals surface area contributed by atoms with Crippen molar-refractivity contribution in [2.24, 2.45) is 0 Å². The van der Waals surface area contributed by atoms with E-state index in [9.17, 15) is 0 Å². The highest BCUT2D eigenvalue weighted by molar-refractivity contribution is 5.22. The standard InChI is InChI=1S/C14H24N2O2/c1-5-15-11-12-10-13(6-8-16-12)18-9-7-14(2,3)17-4/h6,8,10,15H,5,7,9,11H2,1-4H3. The Morgan fingerprint density at radius 2 is 2.17 bits per heavy atom. The number of pyridine rings is 1. The van der Waals surface area contributed by atoms with Gasteiger partial charge in [0.05, 0.1) is 17.9 Å². The van der Waals surface area contributed by atoms with Crippen molar-refractivity contribution in [2.75, 3.05) is 20.3 Å². The molecule has 0 saturated heterocycles. The summed E-state index contributed by atoms with van der Waals surface area (Å²) < 4.78 is 11.1. The molecular formula is C14H24N2O2. The second-order valence-corrected chi connectivity index (χ2v) is 4.83. The predicted octanol–water partition coefficient (Wildman–Crippen LogP) is 2.39. The number of ether oxygens (including phenoxy) is 2. The minimum Gasteiger partial charge on any atom is -0.493 e.